The summed E-state index contributed by atoms with van der Waals surface area (Å²) in [7, 11) is 0. The van der Waals surface area contributed by atoms with E-state index in [1.165, 1.54) is 12.8 Å². The van der Waals surface area contributed by atoms with Crippen LogP contribution in [0.15, 0.2) is 36.3 Å². The first kappa shape index (κ1) is 19.9. The van der Waals surface area contributed by atoms with Gasteiger partial charge in [-0.05, 0) is 50.3 Å². The van der Waals surface area contributed by atoms with Crippen molar-refractivity contribution in [2.24, 2.45) is 5.92 Å². The van der Waals surface area contributed by atoms with E-state index in [1.807, 2.05) is 38.1 Å². The van der Waals surface area contributed by atoms with Crippen molar-refractivity contribution in [2.45, 2.75) is 46.0 Å². The number of nitriles is 1. The van der Waals surface area contributed by atoms with Gasteiger partial charge in [-0.1, -0.05) is 25.0 Å². The van der Waals surface area contributed by atoms with E-state index in [-0.39, 0.29) is 11.9 Å². The number of hydrogen-bond acceptors (Lipinski definition) is 6. The standard InChI is InChI=1S/C23H26N6O/c1-3-29-19-11-7-6-10-18(19)26-22(29)17(13-24)21-15(2)14-25-23(28-21)27-20(30)12-16-8-4-5-9-16/h6-7,10-11,14,16,26H,3-5,8-9,12H2,1-2H3,(H,25,27,28,30)/b22-17+. The quantitative estimate of drug-likeness (QED) is 0.718. The van der Waals surface area contributed by atoms with Crippen LogP contribution < -0.4 is 15.5 Å². The van der Waals surface area contributed by atoms with E-state index < -0.39 is 0 Å². The third kappa shape index (κ3) is 3.86. The number of fused-ring (bicyclic) bond motifs is 1. The Labute approximate surface area is 176 Å². The average molecular weight is 403 g/mol. The minimum absolute atomic E-state index is 0.0653. The van der Waals surface area contributed by atoms with Crippen molar-refractivity contribution < 1.29 is 4.79 Å². The zero-order valence-electron chi connectivity index (χ0n) is 17.4. The number of amides is 1. The Hall–Kier alpha value is -3.40. The molecule has 1 aliphatic heterocycles. The molecule has 1 aromatic carbocycles. The van der Waals surface area contributed by atoms with Crippen LogP contribution >= 0.6 is 0 Å². The minimum atomic E-state index is -0.0653. The normalized spacial score (nSPS) is 17.3. The van der Waals surface area contributed by atoms with Gasteiger partial charge in [0.1, 0.15) is 17.5 Å². The zero-order valence-corrected chi connectivity index (χ0v) is 17.4. The SMILES string of the molecule is CCN1/C(=C(\C#N)c2nc(NC(=O)CC3CCCC3)ncc2C)Nc2ccccc21. The van der Waals surface area contributed by atoms with Crippen LogP contribution in [0.4, 0.5) is 17.3 Å². The maximum atomic E-state index is 12.4. The largest absolute Gasteiger partial charge is 0.339 e. The number of para-hydroxylation sites is 2. The van der Waals surface area contributed by atoms with E-state index in [2.05, 4.69) is 31.6 Å². The lowest BCUT2D eigenvalue weighted by atomic mass is 10.0. The second-order valence-electron chi connectivity index (χ2n) is 7.85. The van der Waals surface area contributed by atoms with E-state index in [0.717, 1.165) is 29.8 Å². The number of anilines is 3. The lowest BCUT2D eigenvalue weighted by Gasteiger charge is -2.19. The summed E-state index contributed by atoms with van der Waals surface area (Å²) in [5.41, 5.74) is 3.72. The molecule has 0 bridgehead atoms. The molecule has 154 valence electrons. The highest BCUT2D eigenvalue weighted by Crippen LogP contribution is 2.38. The number of carbonyl (C=O) groups excluding carboxylic acids is 1. The van der Waals surface area contributed by atoms with Crippen molar-refractivity contribution in [3.05, 3.63) is 47.5 Å². The molecule has 1 amide bonds. The number of benzene rings is 1. The molecule has 0 atom stereocenters. The molecule has 1 aliphatic carbocycles. The van der Waals surface area contributed by atoms with Crippen LogP contribution in [-0.4, -0.2) is 22.4 Å². The summed E-state index contributed by atoms with van der Waals surface area (Å²) in [5, 5.41) is 16.2. The van der Waals surface area contributed by atoms with Gasteiger partial charge in [0.05, 0.1) is 17.1 Å². The molecule has 2 aliphatic rings. The van der Waals surface area contributed by atoms with Gasteiger partial charge in [0.2, 0.25) is 11.9 Å². The van der Waals surface area contributed by atoms with Crippen molar-refractivity contribution >= 4 is 28.8 Å². The monoisotopic (exact) mass is 402 g/mol. The Kier molecular flexibility index (Phi) is 5.66. The summed E-state index contributed by atoms with van der Waals surface area (Å²) >= 11 is 0. The molecule has 2 aromatic rings. The van der Waals surface area contributed by atoms with Gasteiger partial charge in [0, 0.05) is 19.2 Å². The number of nitrogens with zero attached hydrogens (tertiary/aromatic N) is 4. The lowest BCUT2D eigenvalue weighted by molar-refractivity contribution is -0.117. The van der Waals surface area contributed by atoms with Crippen molar-refractivity contribution in [1.29, 1.82) is 5.26 Å². The fraction of sp³-hybridized carbons (Fsp3) is 0.391. The van der Waals surface area contributed by atoms with E-state index in [4.69, 9.17) is 0 Å². The van der Waals surface area contributed by atoms with Crippen molar-refractivity contribution in [3.63, 3.8) is 0 Å². The first-order valence-electron chi connectivity index (χ1n) is 10.5. The smallest absolute Gasteiger partial charge is 0.229 e. The van der Waals surface area contributed by atoms with Crippen LogP contribution in [0.2, 0.25) is 0 Å². The highest BCUT2D eigenvalue weighted by atomic mass is 16.1. The molecule has 1 aromatic heterocycles. The predicted octanol–water partition coefficient (Wildman–Crippen LogP) is 4.45. The van der Waals surface area contributed by atoms with Crippen LogP contribution in [0.25, 0.3) is 5.57 Å². The van der Waals surface area contributed by atoms with Crippen molar-refractivity contribution in [2.75, 3.05) is 22.1 Å². The topological polar surface area (TPSA) is 93.9 Å². The van der Waals surface area contributed by atoms with E-state index in [9.17, 15) is 10.1 Å². The highest BCUT2D eigenvalue weighted by molar-refractivity contribution is 5.92. The summed E-state index contributed by atoms with van der Waals surface area (Å²) in [6, 6.07) is 10.3. The fourth-order valence-electron chi connectivity index (χ4n) is 4.28. The number of allylic oxidation sites excluding steroid dienone is 1. The van der Waals surface area contributed by atoms with Gasteiger partial charge in [-0.2, -0.15) is 5.26 Å². The van der Waals surface area contributed by atoms with Gasteiger partial charge in [0.15, 0.2) is 0 Å². The molecular weight excluding hydrogens is 376 g/mol. The van der Waals surface area contributed by atoms with Crippen LogP contribution in [0.5, 0.6) is 0 Å². The molecule has 0 saturated heterocycles. The first-order valence-corrected chi connectivity index (χ1v) is 10.5. The summed E-state index contributed by atoms with van der Waals surface area (Å²) in [6.45, 7) is 4.62. The van der Waals surface area contributed by atoms with Crippen molar-refractivity contribution in [1.82, 2.24) is 9.97 Å². The van der Waals surface area contributed by atoms with Crippen LogP contribution in [-0.2, 0) is 4.79 Å². The molecule has 7 nitrogen and oxygen atoms in total. The fourth-order valence-corrected chi connectivity index (χ4v) is 4.28. The van der Waals surface area contributed by atoms with E-state index >= 15 is 0 Å². The first-order chi connectivity index (χ1) is 14.6. The Morgan fingerprint density at radius 2 is 2.10 bits per heavy atom. The van der Waals surface area contributed by atoms with E-state index in [1.54, 1.807) is 6.20 Å². The van der Waals surface area contributed by atoms with Gasteiger partial charge in [-0.25, -0.2) is 9.97 Å². The number of hydrogen-bond donors (Lipinski definition) is 2. The molecule has 4 rings (SSSR count). The van der Waals surface area contributed by atoms with Gasteiger partial charge in [-0.3, -0.25) is 10.1 Å². The number of carbonyl (C=O) groups is 1. The number of nitrogens with one attached hydrogen (secondary N) is 2. The van der Waals surface area contributed by atoms with Gasteiger partial charge in [0.25, 0.3) is 0 Å². The van der Waals surface area contributed by atoms with Crippen molar-refractivity contribution in [3.8, 4) is 6.07 Å². The molecule has 0 unspecified atom stereocenters. The zero-order chi connectivity index (χ0) is 21.1. The minimum Gasteiger partial charge on any atom is -0.339 e. The van der Waals surface area contributed by atoms with Crippen LogP contribution in [0, 0.1) is 24.2 Å². The van der Waals surface area contributed by atoms with Gasteiger partial charge in [-0.15, -0.1) is 0 Å². The molecule has 0 spiro atoms. The van der Waals surface area contributed by atoms with Crippen LogP contribution in [0.1, 0.15) is 50.3 Å². The van der Waals surface area contributed by atoms with Gasteiger partial charge < -0.3 is 10.2 Å². The average Bonchev–Trinajstić information content (AvgIpc) is 3.38. The summed E-state index contributed by atoms with van der Waals surface area (Å²) in [5.74, 6) is 1.33. The Morgan fingerprint density at radius 3 is 2.83 bits per heavy atom. The lowest BCUT2D eigenvalue weighted by Crippen LogP contribution is -2.22. The third-order valence-corrected chi connectivity index (χ3v) is 5.79. The second-order valence-corrected chi connectivity index (χ2v) is 7.85. The van der Waals surface area contributed by atoms with Gasteiger partial charge >= 0.3 is 0 Å². The summed E-state index contributed by atoms with van der Waals surface area (Å²) < 4.78 is 0. The molecule has 2 N–H and O–H groups in total. The maximum absolute atomic E-state index is 12.4. The molecule has 1 fully saturated rings. The Balaban J connectivity index is 1.64. The summed E-state index contributed by atoms with van der Waals surface area (Å²) in [4.78, 5) is 23.3. The molecule has 0 radical (unpaired) electrons. The second kappa shape index (κ2) is 8.54. The number of aromatic nitrogens is 2. The number of aryl methyl sites for hydroxylation is 1. The van der Waals surface area contributed by atoms with E-state index in [0.29, 0.717) is 36.0 Å². The Morgan fingerprint density at radius 1 is 1.33 bits per heavy atom. The highest BCUT2D eigenvalue weighted by Gasteiger charge is 2.27. The molecule has 7 heteroatoms. The maximum Gasteiger partial charge on any atom is 0.229 e. The third-order valence-electron chi connectivity index (χ3n) is 5.79. The summed E-state index contributed by atoms with van der Waals surface area (Å²) in [6.07, 6.45) is 6.77. The number of rotatable bonds is 5. The predicted molar refractivity (Wildman–Crippen MR) is 118 cm³/mol. The molecular formula is C23H26N6O. The molecule has 2 heterocycles. The molecule has 1 saturated carbocycles. The van der Waals surface area contributed by atoms with Crippen LogP contribution in [0.3, 0.4) is 0 Å². The Bertz CT molecular complexity index is 1030. The molecule has 30 heavy (non-hydrogen) atoms.